The second-order valence-corrected chi connectivity index (χ2v) is 2.49. The molecule has 0 bridgehead atoms. The van der Waals surface area contributed by atoms with Crippen molar-refractivity contribution in [3.63, 3.8) is 0 Å². The fraction of sp³-hybridized carbons (Fsp3) is 0.571. The molecule has 0 spiro atoms. The van der Waals surface area contributed by atoms with Crippen molar-refractivity contribution in [2.24, 2.45) is 5.73 Å². The molecule has 1 rings (SSSR count). The number of hydrogen-bond acceptors (Lipinski definition) is 4. The van der Waals surface area contributed by atoms with Gasteiger partial charge in [-0.05, 0) is 7.05 Å². The molecular formula is C7H13N3O. The molecule has 0 unspecified atom stereocenters. The van der Waals surface area contributed by atoms with Gasteiger partial charge in [-0.1, -0.05) is 0 Å². The number of aromatic nitrogens is 1. The molecule has 0 fully saturated rings. The summed E-state index contributed by atoms with van der Waals surface area (Å²) in [6.07, 6.45) is 3.15. The number of nitrogens with zero attached hydrogens (tertiary/aromatic N) is 2. The van der Waals surface area contributed by atoms with Gasteiger partial charge in [0.2, 0.25) is 0 Å². The third kappa shape index (κ3) is 2.69. The molecule has 4 nitrogen and oxygen atoms in total. The summed E-state index contributed by atoms with van der Waals surface area (Å²) in [6.45, 7) is 2.32. The minimum Gasteiger partial charge on any atom is -0.447 e. The first-order chi connectivity index (χ1) is 5.33. The van der Waals surface area contributed by atoms with E-state index in [4.69, 9.17) is 10.2 Å². The Kier molecular flexibility index (Phi) is 3.07. The van der Waals surface area contributed by atoms with Crippen molar-refractivity contribution < 1.29 is 4.42 Å². The smallest absolute Gasteiger partial charge is 0.180 e. The molecule has 0 atom stereocenters. The second-order valence-electron chi connectivity index (χ2n) is 2.49. The molecule has 0 aliphatic carbocycles. The van der Waals surface area contributed by atoms with Gasteiger partial charge in [0.25, 0.3) is 0 Å². The summed E-state index contributed by atoms with van der Waals surface area (Å²) in [6, 6.07) is 0. The summed E-state index contributed by atoms with van der Waals surface area (Å²) in [5.74, 6) is 0.876. The van der Waals surface area contributed by atoms with Crippen LogP contribution in [0.5, 0.6) is 0 Å². The van der Waals surface area contributed by atoms with Gasteiger partial charge in [0, 0.05) is 13.1 Å². The maximum Gasteiger partial charge on any atom is 0.180 e. The van der Waals surface area contributed by atoms with Crippen molar-refractivity contribution in [3.05, 3.63) is 18.4 Å². The van der Waals surface area contributed by atoms with E-state index in [-0.39, 0.29) is 0 Å². The highest BCUT2D eigenvalue weighted by Crippen LogP contribution is 1.99. The Bertz CT molecular complexity index is 186. The van der Waals surface area contributed by atoms with E-state index in [1.807, 2.05) is 7.05 Å². The molecule has 1 aromatic rings. The van der Waals surface area contributed by atoms with Crippen molar-refractivity contribution in [1.82, 2.24) is 9.88 Å². The average molecular weight is 155 g/mol. The standard InChI is InChI=1S/C7H13N3O/c1-10(3-2-8)5-7-4-9-6-11-7/h4,6H,2-3,5,8H2,1H3. The van der Waals surface area contributed by atoms with Gasteiger partial charge in [-0.15, -0.1) is 0 Å². The van der Waals surface area contributed by atoms with E-state index >= 15 is 0 Å². The first-order valence-corrected chi connectivity index (χ1v) is 3.59. The van der Waals surface area contributed by atoms with Gasteiger partial charge in [0.1, 0.15) is 5.76 Å². The number of hydrogen-bond donors (Lipinski definition) is 1. The third-order valence-electron chi connectivity index (χ3n) is 1.42. The van der Waals surface area contributed by atoms with Crippen LogP contribution in [0.25, 0.3) is 0 Å². The summed E-state index contributed by atoms with van der Waals surface area (Å²) >= 11 is 0. The van der Waals surface area contributed by atoms with Crippen molar-refractivity contribution in [2.75, 3.05) is 20.1 Å². The molecule has 0 saturated heterocycles. The van der Waals surface area contributed by atoms with Crippen LogP contribution in [0.4, 0.5) is 0 Å². The molecule has 1 heterocycles. The molecule has 0 aliphatic heterocycles. The average Bonchev–Trinajstić information content (AvgIpc) is 2.40. The maximum atomic E-state index is 5.37. The molecular weight excluding hydrogens is 142 g/mol. The lowest BCUT2D eigenvalue weighted by atomic mass is 10.4. The first-order valence-electron chi connectivity index (χ1n) is 3.59. The van der Waals surface area contributed by atoms with Crippen LogP contribution in [0.3, 0.4) is 0 Å². The number of likely N-dealkylation sites (N-methyl/N-ethyl adjacent to an activating group) is 1. The zero-order valence-corrected chi connectivity index (χ0v) is 6.66. The molecule has 62 valence electrons. The van der Waals surface area contributed by atoms with Crippen LogP contribution in [0, 0.1) is 0 Å². The fourth-order valence-corrected chi connectivity index (χ4v) is 0.886. The van der Waals surface area contributed by atoms with Crippen LogP contribution in [0.1, 0.15) is 5.76 Å². The van der Waals surface area contributed by atoms with Gasteiger partial charge >= 0.3 is 0 Å². The number of oxazole rings is 1. The van der Waals surface area contributed by atoms with E-state index in [1.54, 1.807) is 6.20 Å². The van der Waals surface area contributed by atoms with Gasteiger partial charge in [0.15, 0.2) is 6.39 Å². The molecule has 0 amide bonds. The largest absolute Gasteiger partial charge is 0.447 e. The summed E-state index contributed by atoms with van der Waals surface area (Å²) in [7, 11) is 2.00. The van der Waals surface area contributed by atoms with E-state index in [2.05, 4.69) is 9.88 Å². The predicted octanol–water partition coefficient (Wildman–Crippen LogP) is 0.0651. The molecule has 0 aromatic carbocycles. The highest BCUT2D eigenvalue weighted by molar-refractivity contribution is 4.87. The Morgan fingerprint density at radius 3 is 3.09 bits per heavy atom. The number of nitrogens with two attached hydrogens (primary N) is 1. The minimum absolute atomic E-state index is 0.671. The van der Waals surface area contributed by atoms with Gasteiger partial charge < -0.3 is 10.2 Å². The third-order valence-corrected chi connectivity index (χ3v) is 1.42. The lowest BCUT2D eigenvalue weighted by molar-refractivity contribution is 0.302. The van der Waals surface area contributed by atoms with E-state index in [9.17, 15) is 0 Å². The quantitative estimate of drug-likeness (QED) is 0.668. The SMILES string of the molecule is CN(CCN)Cc1cnco1. The fourth-order valence-electron chi connectivity index (χ4n) is 0.886. The topological polar surface area (TPSA) is 55.3 Å². The highest BCUT2D eigenvalue weighted by Gasteiger charge is 2.00. The summed E-state index contributed by atoms with van der Waals surface area (Å²) < 4.78 is 5.06. The molecule has 2 N–H and O–H groups in total. The normalized spacial score (nSPS) is 10.8. The Balaban J connectivity index is 2.31. The Morgan fingerprint density at radius 2 is 2.55 bits per heavy atom. The van der Waals surface area contributed by atoms with Crippen LogP contribution < -0.4 is 5.73 Å². The lowest BCUT2D eigenvalue weighted by Crippen LogP contribution is -2.24. The van der Waals surface area contributed by atoms with Crippen molar-refractivity contribution in [3.8, 4) is 0 Å². The van der Waals surface area contributed by atoms with Crippen LogP contribution >= 0.6 is 0 Å². The number of rotatable bonds is 4. The molecule has 0 saturated carbocycles. The molecule has 11 heavy (non-hydrogen) atoms. The van der Waals surface area contributed by atoms with E-state index < -0.39 is 0 Å². The van der Waals surface area contributed by atoms with Gasteiger partial charge in [-0.2, -0.15) is 0 Å². The van der Waals surface area contributed by atoms with Crippen LogP contribution in [-0.2, 0) is 6.54 Å². The lowest BCUT2D eigenvalue weighted by Gasteiger charge is -2.12. The van der Waals surface area contributed by atoms with E-state index in [0.717, 1.165) is 18.8 Å². The van der Waals surface area contributed by atoms with Crippen LogP contribution in [-0.4, -0.2) is 30.0 Å². The molecule has 0 radical (unpaired) electrons. The van der Waals surface area contributed by atoms with Gasteiger partial charge in [-0.25, -0.2) is 4.98 Å². The molecule has 0 aliphatic rings. The van der Waals surface area contributed by atoms with Crippen molar-refractivity contribution in [2.45, 2.75) is 6.54 Å². The zero-order valence-electron chi connectivity index (χ0n) is 6.66. The highest BCUT2D eigenvalue weighted by atomic mass is 16.3. The molecule has 4 heteroatoms. The second kappa shape index (κ2) is 4.10. The molecule has 1 aromatic heterocycles. The predicted molar refractivity (Wildman–Crippen MR) is 41.9 cm³/mol. The Morgan fingerprint density at radius 1 is 1.73 bits per heavy atom. The first kappa shape index (κ1) is 8.23. The summed E-state index contributed by atoms with van der Waals surface area (Å²) in [4.78, 5) is 5.89. The Hall–Kier alpha value is -0.870. The van der Waals surface area contributed by atoms with E-state index in [0.29, 0.717) is 6.54 Å². The van der Waals surface area contributed by atoms with Gasteiger partial charge in [0.05, 0.1) is 12.7 Å². The zero-order chi connectivity index (χ0) is 8.10. The van der Waals surface area contributed by atoms with Crippen molar-refractivity contribution in [1.29, 1.82) is 0 Å². The van der Waals surface area contributed by atoms with Crippen LogP contribution in [0.2, 0.25) is 0 Å². The monoisotopic (exact) mass is 155 g/mol. The van der Waals surface area contributed by atoms with Crippen LogP contribution in [0.15, 0.2) is 17.0 Å². The minimum atomic E-state index is 0.671. The van der Waals surface area contributed by atoms with Crippen molar-refractivity contribution >= 4 is 0 Å². The van der Waals surface area contributed by atoms with E-state index in [1.165, 1.54) is 6.39 Å². The summed E-state index contributed by atoms with van der Waals surface area (Å²) in [5, 5.41) is 0. The maximum absolute atomic E-state index is 5.37. The Labute approximate surface area is 66.0 Å². The summed E-state index contributed by atoms with van der Waals surface area (Å²) in [5.41, 5.74) is 5.37. The van der Waals surface area contributed by atoms with Gasteiger partial charge in [-0.3, -0.25) is 4.90 Å².